The molecule has 2 bridgehead atoms. The number of carbonyl (C=O) groups is 1. The van der Waals surface area contributed by atoms with Gasteiger partial charge in [0, 0.05) is 0 Å². The van der Waals surface area contributed by atoms with Crippen molar-refractivity contribution in [1.29, 1.82) is 0 Å². The Morgan fingerprint density at radius 2 is 2.11 bits per heavy atom. The van der Waals surface area contributed by atoms with Crippen LogP contribution in [0, 0.1) is 0 Å². The highest BCUT2D eigenvalue weighted by atomic mass is 19.3. The van der Waals surface area contributed by atoms with E-state index >= 15 is 0 Å². The van der Waals surface area contributed by atoms with Crippen LogP contribution >= 0.6 is 0 Å². The number of halogens is 2. The van der Waals surface area contributed by atoms with Crippen molar-refractivity contribution in [2.45, 2.75) is 68.3 Å². The lowest BCUT2D eigenvalue weighted by Gasteiger charge is -2.42. The molecule has 0 aromatic rings. The van der Waals surface area contributed by atoms with Gasteiger partial charge in [-0.25, -0.2) is 0 Å². The normalized spacial score (nSPS) is 37.4. The average molecular weight is 261 g/mol. The molecule has 2 N–H and O–H groups in total. The van der Waals surface area contributed by atoms with Gasteiger partial charge in [-0.3, -0.25) is 4.79 Å². The van der Waals surface area contributed by atoms with Crippen molar-refractivity contribution in [2.24, 2.45) is 0 Å². The first-order chi connectivity index (χ1) is 8.42. The molecule has 3 aliphatic rings. The van der Waals surface area contributed by atoms with Gasteiger partial charge < -0.3 is 15.2 Å². The molecule has 4 nitrogen and oxygen atoms in total. The Hall–Kier alpha value is -0.750. The fourth-order valence-corrected chi connectivity index (χ4v) is 3.09. The molecule has 3 rings (SSSR count). The minimum Gasteiger partial charge on any atom is -0.383 e. The van der Waals surface area contributed by atoms with Gasteiger partial charge >= 0.3 is 5.92 Å². The van der Waals surface area contributed by atoms with Crippen molar-refractivity contribution >= 4 is 5.91 Å². The lowest BCUT2D eigenvalue weighted by molar-refractivity contribution is -0.216. The van der Waals surface area contributed by atoms with E-state index in [0.717, 1.165) is 12.8 Å². The molecule has 1 saturated carbocycles. The summed E-state index contributed by atoms with van der Waals surface area (Å²) in [6.07, 6.45) is 2.83. The van der Waals surface area contributed by atoms with Crippen LogP contribution in [0.15, 0.2) is 0 Å². The second-order valence-electron chi connectivity index (χ2n) is 5.65. The maximum absolute atomic E-state index is 13.8. The molecular weight excluding hydrogens is 244 g/mol. The SMILES string of the molecule is O=C(NC1CC2CCC1O2)C(F)(F)C1(O)CCC1. The third-order valence-electron chi connectivity index (χ3n) is 4.47. The predicted molar refractivity (Wildman–Crippen MR) is 58.2 cm³/mol. The highest BCUT2D eigenvalue weighted by Gasteiger charge is 2.61. The summed E-state index contributed by atoms with van der Waals surface area (Å²) >= 11 is 0. The van der Waals surface area contributed by atoms with Gasteiger partial charge in [-0.2, -0.15) is 8.78 Å². The predicted octanol–water partition coefficient (Wildman–Crippen LogP) is 0.973. The number of carbonyl (C=O) groups excluding carboxylic acids is 1. The lowest BCUT2D eigenvalue weighted by atomic mass is 9.75. The number of alkyl halides is 2. The molecule has 18 heavy (non-hydrogen) atoms. The van der Waals surface area contributed by atoms with E-state index in [2.05, 4.69) is 5.32 Å². The van der Waals surface area contributed by atoms with Gasteiger partial charge in [0.2, 0.25) is 0 Å². The van der Waals surface area contributed by atoms with Gasteiger partial charge in [0.05, 0.1) is 18.2 Å². The van der Waals surface area contributed by atoms with Crippen molar-refractivity contribution in [3.05, 3.63) is 0 Å². The Kier molecular flexibility index (Phi) is 2.64. The minimum atomic E-state index is -3.70. The van der Waals surface area contributed by atoms with Crippen molar-refractivity contribution < 1.29 is 23.4 Å². The summed E-state index contributed by atoms with van der Waals surface area (Å²) in [4.78, 5) is 11.7. The Morgan fingerprint density at radius 1 is 1.39 bits per heavy atom. The quantitative estimate of drug-likeness (QED) is 0.796. The molecular formula is C12H17F2NO3. The zero-order chi connectivity index (χ0) is 13.0. The molecule has 2 heterocycles. The van der Waals surface area contributed by atoms with Crippen LogP contribution in [0.3, 0.4) is 0 Å². The minimum absolute atomic E-state index is 0.0133. The summed E-state index contributed by atoms with van der Waals surface area (Å²) in [5.41, 5.74) is -2.14. The third-order valence-corrected chi connectivity index (χ3v) is 4.47. The summed E-state index contributed by atoms with van der Waals surface area (Å²) < 4.78 is 33.2. The van der Waals surface area contributed by atoms with E-state index in [1.807, 2.05) is 0 Å². The molecule has 1 aliphatic carbocycles. The molecule has 0 spiro atoms. The standard InChI is InChI=1S/C12H17F2NO3/c13-12(14,11(17)4-1-5-11)10(16)15-8-6-7-2-3-9(8)18-7/h7-9,17H,1-6H2,(H,15,16). The van der Waals surface area contributed by atoms with E-state index in [1.165, 1.54) is 0 Å². The Bertz CT molecular complexity index is 370. The van der Waals surface area contributed by atoms with Crippen LogP contribution in [0.5, 0.6) is 0 Å². The Labute approximate surface area is 104 Å². The molecule has 2 aliphatic heterocycles. The van der Waals surface area contributed by atoms with E-state index < -0.39 is 17.4 Å². The molecule has 6 heteroatoms. The zero-order valence-corrected chi connectivity index (χ0v) is 9.99. The molecule has 3 fully saturated rings. The van der Waals surface area contributed by atoms with Crippen LogP contribution in [0.2, 0.25) is 0 Å². The molecule has 1 amide bonds. The second kappa shape index (κ2) is 3.87. The number of aliphatic hydroxyl groups is 1. The number of ether oxygens (including phenoxy) is 1. The van der Waals surface area contributed by atoms with Crippen LogP contribution in [-0.2, 0) is 9.53 Å². The third kappa shape index (κ3) is 1.66. The van der Waals surface area contributed by atoms with E-state index in [1.54, 1.807) is 0 Å². The van der Waals surface area contributed by atoms with Gasteiger partial charge in [-0.1, -0.05) is 0 Å². The van der Waals surface area contributed by atoms with Crippen molar-refractivity contribution in [1.82, 2.24) is 5.32 Å². The number of nitrogens with one attached hydrogen (secondary N) is 1. The molecule has 0 radical (unpaired) electrons. The van der Waals surface area contributed by atoms with E-state index in [-0.39, 0.29) is 31.1 Å². The van der Waals surface area contributed by atoms with Gasteiger partial charge in [-0.05, 0) is 38.5 Å². The smallest absolute Gasteiger partial charge is 0.352 e. The van der Waals surface area contributed by atoms with Crippen molar-refractivity contribution in [3.8, 4) is 0 Å². The van der Waals surface area contributed by atoms with E-state index in [0.29, 0.717) is 12.8 Å². The van der Waals surface area contributed by atoms with Gasteiger partial charge in [0.25, 0.3) is 5.91 Å². The summed E-state index contributed by atoms with van der Waals surface area (Å²) in [5.74, 6) is -5.06. The van der Waals surface area contributed by atoms with Gasteiger partial charge in [0.15, 0.2) is 0 Å². The summed E-state index contributed by atoms with van der Waals surface area (Å²) in [6.45, 7) is 0. The Balaban J connectivity index is 1.64. The summed E-state index contributed by atoms with van der Waals surface area (Å²) in [7, 11) is 0. The number of hydrogen-bond donors (Lipinski definition) is 2. The molecule has 2 saturated heterocycles. The van der Waals surface area contributed by atoms with Crippen LogP contribution in [0.25, 0.3) is 0 Å². The van der Waals surface area contributed by atoms with Crippen LogP contribution in [0.1, 0.15) is 38.5 Å². The van der Waals surface area contributed by atoms with Crippen molar-refractivity contribution in [3.63, 3.8) is 0 Å². The van der Waals surface area contributed by atoms with Gasteiger partial charge in [0.1, 0.15) is 5.60 Å². The largest absolute Gasteiger partial charge is 0.383 e. The molecule has 102 valence electrons. The highest BCUT2D eigenvalue weighted by Crippen LogP contribution is 2.44. The Morgan fingerprint density at radius 3 is 2.56 bits per heavy atom. The van der Waals surface area contributed by atoms with Gasteiger partial charge in [-0.15, -0.1) is 0 Å². The van der Waals surface area contributed by atoms with Crippen LogP contribution < -0.4 is 5.32 Å². The summed E-state index contributed by atoms with van der Waals surface area (Å²) in [6, 6.07) is -0.328. The zero-order valence-electron chi connectivity index (χ0n) is 9.99. The number of hydrogen-bond acceptors (Lipinski definition) is 3. The maximum atomic E-state index is 13.8. The number of rotatable bonds is 3. The first-order valence-corrected chi connectivity index (χ1v) is 6.49. The van der Waals surface area contributed by atoms with E-state index in [4.69, 9.17) is 4.74 Å². The number of fused-ring (bicyclic) bond motifs is 2. The lowest BCUT2D eigenvalue weighted by Crippen LogP contribution is -2.62. The van der Waals surface area contributed by atoms with Crippen LogP contribution in [-0.4, -0.2) is 40.8 Å². The van der Waals surface area contributed by atoms with E-state index in [9.17, 15) is 18.7 Å². The highest BCUT2D eigenvalue weighted by molar-refractivity contribution is 5.85. The maximum Gasteiger partial charge on any atom is 0.352 e. The van der Waals surface area contributed by atoms with Crippen LogP contribution in [0.4, 0.5) is 8.78 Å². The first-order valence-electron chi connectivity index (χ1n) is 6.49. The summed E-state index contributed by atoms with van der Waals surface area (Å²) in [5, 5.41) is 12.0. The molecule has 0 aromatic heterocycles. The molecule has 0 aromatic carbocycles. The second-order valence-corrected chi connectivity index (χ2v) is 5.65. The first kappa shape index (κ1) is 12.3. The fourth-order valence-electron chi connectivity index (χ4n) is 3.09. The molecule has 3 unspecified atom stereocenters. The monoisotopic (exact) mass is 261 g/mol. The number of amides is 1. The average Bonchev–Trinajstić information content (AvgIpc) is 2.87. The topological polar surface area (TPSA) is 58.6 Å². The molecule has 3 atom stereocenters. The fraction of sp³-hybridized carbons (Fsp3) is 0.917. The van der Waals surface area contributed by atoms with Crippen molar-refractivity contribution in [2.75, 3.05) is 0 Å².